The first-order valence-corrected chi connectivity index (χ1v) is 6.32. The lowest BCUT2D eigenvalue weighted by molar-refractivity contribution is -0.137. The van der Waals surface area contributed by atoms with Crippen LogP contribution < -0.4 is 5.32 Å². The number of rotatable bonds is 3. The van der Waals surface area contributed by atoms with Gasteiger partial charge in [-0.25, -0.2) is 9.67 Å². The van der Waals surface area contributed by atoms with E-state index in [1.54, 1.807) is 0 Å². The Bertz CT molecular complexity index is 701. The van der Waals surface area contributed by atoms with Crippen molar-refractivity contribution in [2.75, 3.05) is 5.88 Å². The van der Waals surface area contributed by atoms with E-state index in [1.165, 1.54) is 6.33 Å². The first kappa shape index (κ1) is 16.0. The van der Waals surface area contributed by atoms with E-state index in [0.29, 0.717) is 6.07 Å². The number of benzene rings is 1. The number of imide groups is 1. The van der Waals surface area contributed by atoms with Crippen molar-refractivity contribution in [2.45, 2.75) is 6.18 Å². The van der Waals surface area contributed by atoms with Gasteiger partial charge in [0.1, 0.15) is 18.5 Å². The van der Waals surface area contributed by atoms with Crippen molar-refractivity contribution in [2.24, 2.45) is 0 Å². The van der Waals surface area contributed by atoms with Gasteiger partial charge in [-0.05, 0) is 18.2 Å². The average molecular weight is 333 g/mol. The second-order valence-corrected chi connectivity index (χ2v) is 4.38. The summed E-state index contributed by atoms with van der Waals surface area (Å²) in [6, 6.07) is 2.60. The van der Waals surface area contributed by atoms with Gasteiger partial charge in [0.15, 0.2) is 0 Å². The second-order valence-electron chi connectivity index (χ2n) is 4.12. The molecule has 0 saturated carbocycles. The molecule has 22 heavy (non-hydrogen) atoms. The lowest BCUT2D eigenvalue weighted by Crippen LogP contribution is -2.31. The Morgan fingerprint density at radius 3 is 2.55 bits per heavy atom. The molecule has 0 bridgehead atoms. The molecule has 2 rings (SSSR count). The summed E-state index contributed by atoms with van der Waals surface area (Å²) in [5.74, 6) is -2.29. The molecule has 0 aliphatic carbocycles. The second kappa shape index (κ2) is 6.14. The predicted octanol–water partition coefficient (Wildman–Crippen LogP) is 1.78. The zero-order valence-corrected chi connectivity index (χ0v) is 11.5. The number of hydrogen-bond donors (Lipinski definition) is 1. The van der Waals surface area contributed by atoms with Gasteiger partial charge in [-0.1, -0.05) is 0 Å². The lowest BCUT2D eigenvalue weighted by atomic mass is 10.1. The van der Waals surface area contributed by atoms with Crippen LogP contribution in [-0.4, -0.2) is 32.5 Å². The summed E-state index contributed by atoms with van der Waals surface area (Å²) in [6.07, 6.45) is -2.35. The zero-order chi connectivity index (χ0) is 16.3. The van der Waals surface area contributed by atoms with Crippen molar-refractivity contribution < 1.29 is 22.8 Å². The molecule has 1 aromatic heterocycles. The summed E-state index contributed by atoms with van der Waals surface area (Å²) < 4.78 is 39.8. The Labute approximate surface area is 126 Å². The number of halogens is 4. The molecule has 1 aromatic carbocycles. The molecule has 1 N–H and O–H groups in total. The molecule has 0 aliphatic heterocycles. The van der Waals surface area contributed by atoms with E-state index in [1.807, 2.05) is 5.32 Å². The molecule has 2 aromatic rings. The molecule has 2 amide bonds. The molecule has 1 heterocycles. The lowest BCUT2D eigenvalue weighted by Gasteiger charge is -2.11. The van der Waals surface area contributed by atoms with E-state index in [0.717, 1.165) is 23.1 Å². The molecule has 6 nitrogen and oxygen atoms in total. The SMILES string of the molecule is O=C(CCl)NC(=O)c1cc(-n2cncn2)cc(C(F)(F)F)c1. The molecule has 10 heteroatoms. The highest BCUT2D eigenvalue weighted by molar-refractivity contribution is 6.28. The number of amides is 2. The molecule has 0 fully saturated rings. The van der Waals surface area contributed by atoms with Crippen molar-refractivity contribution in [1.82, 2.24) is 20.1 Å². The minimum absolute atomic E-state index is 0.0178. The van der Waals surface area contributed by atoms with Crippen LogP contribution in [-0.2, 0) is 11.0 Å². The summed E-state index contributed by atoms with van der Waals surface area (Å²) in [7, 11) is 0. The minimum atomic E-state index is -4.66. The smallest absolute Gasteiger partial charge is 0.291 e. The van der Waals surface area contributed by atoms with Crippen LogP contribution in [0, 0.1) is 0 Å². The van der Waals surface area contributed by atoms with Crippen LogP contribution in [0.5, 0.6) is 0 Å². The first-order chi connectivity index (χ1) is 10.3. The number of alkyl halides is 4. The van der Waals surface area contributed by atoms with Gasteiger partial charge in [0.05, 0.1) is 11.3 Å². The van der Waals surface area contributed by atoms with Gasteiger partial charge in [-0.3, -0.25) is 14.9 Å². The summed E-state index contributed by atoms with van der Waals surface area (Å²) in [5, 5.41) is 5.58. The topological polar surface area (TPSA) is 76.9 Å². The van der Waals surface area contributed by atoms with E-state index in [-0.39, 0.29) is 11.3 Å². The summed E-state index contributed by atoms with van der Waals surface area (Å²) >= 11 is 5.23. The van der Waals surface area contributed by atoms with Crippen molar-refractivity contribution in [3.8, 4) is 5.69 Å². The maximum absolute atomic E-state index is 12.9. The van der Waals surface area contributed by atoms with Crippen LogP contribution in [0.15, 0.2) is 30.9 Å². The van der Waals surface area contributed by atoms with Crippen LogP contribution in [0.4, 0.5) is 13.2 Å². The van der Waals surface area contributed by atoms with Gasteiger partial charge in [0.2, 0.25) is 5.91 Å². The van der Waals surface area contributed by atoms with Crippen LogP contribution in [0.25, 0.3) is 5.69 Å². The number of carbonyl (C=O) groups is 2. The highest BCUT2D eigenvalue weighted by Gasteiger charge is 2.32. The Hall–Kier alpha value is -2.42. The molecular formula is C12H8ClF3N4O2. The normalized spacial score (nSPS) is 11.3. The van der Waals surface area contributed by atoms with E-state index in [2.05, 4.69) is 10.1 Å². The molecule has 116 valence electrons. The Morgan fingerprint density at radius 2 is 2.00 bits per heavy atom. The van der Waals surface area contributed by atoms with Crippen LogP contribution in [0.1, 0.15) is 15.9 Å². The Kier molecular flexibility index (Phi) is 4.45. The van der Waals surface area contributed by atoms with Crippen molar-refractivity contribution in [1.29, 1.82) is 0 Å². The monoisotopic (exact) mass is 332 g/mol. The third kappa shape index (κ3) is 3.61. The fourth-order valence-electron chi connectivity index (χ4n) is 1.61. The average Bonchev–Trinajstić information content (AvgIpc) is 2.99. The fraction of sp³-hybridized carbons (Fsp3) is 0.167. The van der Waals surface area contributed by atoms with E-state index >= 15 is 0 Å². The van der Waals surface area contributed by atoms with Crippen LogP contribution >= 0.6 is 11.6 Å². The van der Waals surface area contributed by atoms with Gasteiger partial charge < -0.3 is 0 Å². The quantitative estimate of drug-likeness (QED) is 0.869. The summed E-state index contributed by atoms with van der Waals surface area (Å²) in [4.78, 5) is 26.5. The molecule has 0 unspecified atom stereocenters. The standard InChI is InChI=1S/C12H8ClF3N4O2/c13-4-10(21)19-11(22)7-1-8(12(14,15)16)3-9(2-7)20-6-17-5-18-20/h1-3,5-6H,4H2,(H,19,21,22). The van der Waals surface area contributed by atoms with Crippen molar-refractivity contribution in [3.05, 3.63) is 42.0 Å². The summed E-state index contributed by atoms with van der Waals surface area (Å²) in [6.45, 7) is 0. The Morgan fingerprint density at radius 1 is 1.27 bits per heavy atom. The van der Waals surface area contributed by atoms with Crippen LogP contribution in [0.2, 0.25) is 0 Å². The van der Waals surface area contributed by atoms with Crippen molar-refractivity contribution >= 4 is 23.4 Å². The third-order valence-electron chi connectivity index (χ3n) is 2.56. The number of carbonyl (C=O) groups excluding carboxylic acids is 2. The molecule has 0 radical (unpaired) electrons. The van der Waals surface area contributed by atoms with Gasteiger partial charge in [-0.2, -0.15) is 18.3 Å². The molecule has 0 atom stereocenters. The zero-order valence-electron chi connectivity index (χ0n) is 10.8. The number of aromatic nitrogens is 3. The minimum Gasteiger partial charge on any atom is -0.291 e. The van der Waals surface area contributed by atoms with E-state index < -0.39 is 29.4 Å². The maximum atomic E-state index is 12.9. The van der Waals surface area contributed by atoms with E-state index in [9.17, 15) is 22.8 Å². The van der Waals surface area contributed by atoms with Crippen molar-refractivity contribution in [3.63, 3.8) is 0 Å². The first-order valence-electron chi connectivity index (χ1n) is 5.78. The highest BCUT2D eigenvalue weighted by Crippen LogP contribution is 2.31. The van der Waals surface area contributed by atoms with Gasteiger partial charge in [0.25, 0.3) is 5.91 Å². The number of nitrogens with one attached hydrogen (secondary N) is 1. The molecule has 0 aliphatic rings. The number of nitrogens with zero attached hydrogens (tertiary/aromatic N) is 3. The summed E-state index contributed by atoms with van der Waals surface area (Å²) in [5.41, 5.74) is -1.42. The molecule has 0 saturated heterocycles. The van der Waals surface area contributed by atoms with E-state index in [4.69, 9.17) is 11.6 Å². The predicted molar refractivity (Wildman–Crippen MR) is 69.6 cm³/mol. The molecule has 0 spiro atoms. The van der Waals surface area contributed by atoms with Gasteiger partial charge >= 0.3 is 6.18 Å². The largest absolute Gasteiger partial charge is 0.416 e. The van der Waals surface area contributed by atoms with Gasteiger partial charge in [-0.15, -0.1) is 11.6 Å². The highest BCUT2D eigenvalue weighted by atomic mass is 35.5. The maximum Gasteiger partial charge on any atom is 0.416 e. The number of hydrogen-bond acceptors (Lipinski definition) is 4. The fourth-order valence-corrected chi connectivity index (χ4v) is 1.68. The molecular weight excluding hydrogens is 325 g/mol. The van der Waals surface area contributed by atoms with Crippen LogP contribution in [0.3, 0.4) is 0 Å². The van der Waals surface area contributed by atoms with Gasteiger partial charge in [0, 0.05) is 5.56 Å². The Balaban J connectivity index is 2.47. The third-order valence-corrected chi connectivity index (χ3v) is 2.81.